The maximum absolute atomic E-state index is 5.15. The molecule has 6 aromatic carbocycles. The summed E-state index contributed by atoms with van der Waals surface area (Å²) in [4.78, 5) is 9.89. The summed E-state index contributed by atoms with van der Waals surface area (Å²) < 4.78 is 2.46. The van der Waals surface area contributed by atoms with Crippen LogP contribution in [0.15, 0.2) is 164 Å². The molecular weight excluding hydrogens is 621 g/mol. The predicted molar refractivity (Wildman–Crippen MR) is 211 cm³/mol. The van der Waals surface area contributed by atoms with Crippen molar-refractivity contribution < 1.29 is 0 Å². The van der Waals surface area contributed by atoms with E-state index in [9.17, 15) is 0 Å². The number of hydrogen-bond acceptors (Lipinski definition) is 3. The van der Waals surface area contributed by atoms with Crippen LogP contribution < -0.4 is 9.80 Å². The van der Waals surface area contributed by atoms with Crippen LogP contribution in [0.3, 0.4) is 0 Å². The highest BCUT2D eigenvalue weighted by Gasteiger charge is 2.49. The average Bonchev–Trinajstić information content (AvgIpc) is 3.70. The molecule has 2 aliphatic rings. The van der Waals surface area contributed by atoms with Crippen LogP contribution in [-0.2, 0) is 10.8 Å². The SMILES string of the molecule is CN1CN(c2ccc3c4ccccc4n(-c4cccc(C5(c6ccccn6)c6ccccc6C(C)(C)c6ccccc65)c4)c3c2)c2ccccc21. The Labute approximate surface area is 298 Å². The Hall–Kier alpha value is -6.13. The molecule has 51 heavy (non-hydrogen) atoms. The molecule has 1 aliphatic carbocycles. The lowest BCUT2D eigenvalue weighted by molar-refractivity contribution is 0.552. The molecule has 0 amide bonds. The van der Waals surface area contributed by atoms with E-state index < -0.39 is 5.41 Å². The molecular formula is C47H38N4. The minimum absolute atomic E-state index is 0.172. The minimum Gasteiger partial charge on any atom is -0.355 e. The first-order valence-electron chi connectivity index (χ1n) is 17.8. The van der Waals surface area contributed by atoms with E-state index in [2.05, 4.69) is 187 Å². The molecule has 0 atom stereocenters. The number of para-hydroxylation sites is 3. The Kier molecular flexibility index (Phi) is 6.38. The van der Waals surface area contributed by atoms with Crippen LogP contribution >= 0.6 is 0 Å². The standard InChI is InChI=1S/C47H38N4/c1-46(2)37-18-5-7-20-39(37)47(45-25-12-13-28-48-45,40-21-8-6-19-38(40)46)32-15-14-16-34(29-32)51-41-22-9-4-17-35(41)36-27-26-33(30-44(36)51)50-31-49(3)42-23-10-11-24-43(42)50/h4-30H,31H2,1-3H3. The molecule has 1 aliphatic heterocycles. The van der Waals surface area contributed by atoms with Gasteiger partial charge in [0.25, 0.3) is 0 Å². The van der Waals surface area contributed by atoms with Gasteiger partial charge >= 0.3 is 0 Å². The highest BCUT2D eigenvalue weighted by Crippen LogP contribution is 2.55. The number of nitrogens with zero attached hydrogens (tertiary/aromatic N) is 4. The lowest BCUT2D eigenvalue weighted by Gasteiger charge is -2.47. The summed E-state index contributed by atoms with van der Waals surface area (Å²) in [5.74, 6) is 0. The highest BCUT2D eigenvalue weighted by molar-refractivity contribution is 6.10. The number of benzene rings is 6. The summed E-state index contributed by atoms with van der Waals surface area (Å²) in [6, 6.07) is 58.0. The first-order chi connectivity index (χ1) is 25.0. The monoisotopic (exact) mass is 658 g/mol. The molecule has 8 aromatic rings. The Morgan fingerprint density at radius 2 is 1.18 bits per heavy atom. The van der Waals surface area contributed by atoms with E-state index in [4.69, 9.17) is 4.98 Å². The van der Waals surface area contributed by atoms with Crippen LogP contribution in [0, 0.1) is 0 Å². The summed E-state index contributed by atoms with van der Waals surface area (Å²) in [6.45, 7) is 5.52. The van der Waals surface area contributed by atoms with E-state index in [1.54, 1.807) is 0 Å². The molecule has 4 nitrogen and oxygen atoms in total. The summed E-state index contributed by atoms with van der Waals surface area (Å²) in [5, 5.41) is 2.49. The van der Waals surface area contributed by atoms with Crippen molar-refractivity contribution >= 4 is 38.9 Å². The van der Waals surface area contributed by atoms with Crippen LogP contribution in [0.25, 0.3) is 27.5 Å². The van der Waals surface area contributed by atoms with Gasteiger partial charge in [0.2, 0.25) is 0 Å². The van der Waals surface area contributed by atoms with Crippen molar-refractivity contribution in [1.82, 2.24) is 9.55 Å². The Bertz CT molecular complexity index is 2580. The minimum atomic E-state index is -0.617. The summed E-state index contributed by atoms with van der Waals surface area (Å²) in [7, 11) is 2.17. The lowest BCUT2D eigenvalue weighted by atomic mass is 9.55. The van der Waals surface area contributed by atoms with E-state index in [0.717, 1.165) is 18.1 Å². The van der Waals surface area contributed by atoms with Crippen LogP contribution in [0.2, 0.25) is 0 Å². The van der Waals surface area contributed by atoms with Gasteiger partial charge < -0.3 is 14.4 Å². The van der Waals surface area contributed by atoms with E-state index in [-0.39, 0.29) is 5.41 Å². The van der Waals surface area contributed by atoms with Gasteiger partial charge in [0, 0.05) is 40.8 Å². The number of pyridine rings is 1. The number of rotatable bonds is 4. The zero-order valence-corrected chi connectivity index (χ0v) is 29.1. The van der Waals surface area contributed by atoms with Crippen molar-refractivity contribution in [2.45, 2.75) is 24.7 Å². The van der Waals surface area contributed by atoms with Crippen LogP contribution in [0.5, 0.6) is 0 Å². The quantitative estimate of drug-likeness (QED) is 0.188. The number of aromatic nitrogens is 2. The van der Waals surface area contributed by atoms with Crippen LogP contribution in [-0.4, -0.2) is 23.3 Å². The lowest BCUT2D eigenvalue weighted by Crippen LogP contribution is -2.42. The Morgan fingerprint density at radius 3 is 1.92 bits per heavy atom. The van der Waals surface area contributed by atoms with Crippen molar-refractivity contribution in [2.75, 3.05) is 23.5 Å². The molecule has 0 bridgehead atoms. The average molecular weight is 659 g/mol. The van der Waals surface area contributed by atoms with E-state index >= 15 is 0 Å². The van der Waals surface area contributed by atoms with Crippen molar-refractivity contribution in [3.8, 4) is 5.69 Å². The predicted octanol–water partition coefficient (Wildman–Crippen LogP) is 10.7. The fraction of sp³-hybridized carbons (Fsp3) is 0.128. The third kappa shape index (κ3) is 4.11. The third-order valence-electron chi connectivity index (χ3n) is 11.5. The first kappa shape index (κ1) is 29.8. The van der Waals surface area contributed by atoms with Crippen molar-refractivity contribution in [3.63, 3.8) is 0 Å². The molecule has 0 saturated carbocycles. The molecule has 3 heterocycles. The Balaban J connectivity index is 1.25. The summed E-state index contributed by atoms with van der Waals surface area (Å²) >= 11 is 0. The van der Waals surface area contributed by atoms with Gasteiger partial charge in [0.1, 0.15) is 0 Å². The second-order valence-electron chi connectivity index (χ2n) is 14.5. The van der Waals surface area contributed by atoms with Crippen LogP contribution in [0.4, 0.5) is 17.1 Å². The van der Waals surface area contributed by atoms with Crippen molar-refractivity contribution in [2.24, 2.45) is 0 Å². The molecule has 0 unspecified atom stereocenters. The Morgan fingerprint density at radius 1 is 0.529 bits per heavy atom. The molecule has 10 rings (SSSR count). The second kappa shape index (κ2) is 10.9. The van der Waals surface area contributed by atoms with Crippen LogP contribution in [0.1, 0.15) is 47.4 Å². The number of anilines is 3. The van der Waals surface area contributed by atoms with Gasteiger partial charge in [-0.05, 0) is 82.4 Å². The fourth-order valence-corrected chi connectivity index (χ4v) is 9.20. The largest absolute Gasteiger partial charge is 0.355 e. The van der Waals surface area contributed by atoms with Gasteiger partial charge in [0.05, 0.1) is 40.2 Å². The maximum Gasteiger partial charge on any atom is 0.0950 e. The van der Waals surface area contributed by atoms with Gasteiger partial charge in [-0.3, -0.25) is 4.98 Å². The van der Waals surface area contributed by atoms with E-state index in [1.807, 2.05) is 12.3 Å². The van der Waals surface area contributed by atoms with Crippen molar-refractivity contribution in [1.29, 1.82) is 0 Å². The van der Waals surface area contributed by atoms with Gasteiger partial charge in [-0.1, -0.05) is 117 Å². The van der Waals surface area contributed by atoms with Gasteiger partial charge in [-0.2, -0.15) is 0 Å². The molecule has 0 fully saturated rings. The van der Waals surface area contributed by atoms with Gasteiger partial charge in [0.15, 0.2) is 0 Å². The summed E-state index contributed by atoms with van der Waals surface area (Å²) in [6.07, 6.45) is 1.94. The summed E-state index contributed by atoms with van der Waals surface area (Å²) in [5.41, 5.74) is 13.8. The maximum atomic E-state index is 5.15. The molecule has 0 N–H and O–H groups in total. The normalized spacial score (nSPS) is 15.5. The molecule has 0 radical (unpaired) electrons. The highest BCUT2D eigenvalue weighted by atomic mass is 15.4. The van der Waals surface area contributed by atoms with E-state index in [1.165, 1.54) is 66.7 Å². The molecule has 0 spiro atoms. The molecule has 246 valence electrons. The van der Waals surface area contributed by atoms with Gasteiger partial charge in [-0.25, -0.2) is 0 Å². The second-order valence-corrected chi connectivity index (χ2v) is 14.5. The number of hydrogen-bond donors (Lipinski definition) is 0. The fourth-order valence-electron chi connectivity index (χ4n) is 9.20. The third-order valence-corrected chi connectivity index (χ3v) is 11.5. The van der Waals surface area contributed by atoms with Crippen molar-refractivity contribution in [3.05, 3.63) is 197 Å². The van der Waals surface area contributed by atoms with Gasteiger partial charge in [-0.15, -0.1) is 0 Å². The van der Waals surface area contributed by atoms with E-state index in [0.29, 0.717) is 0 Å². The number of fused-ring (bicyclic) bond motifs is 6. The molecule has 2 aromatic heterocycles. The zero-order chi connectivity index (χ0) is 34.3. The molecule has 0 saturated heterocycles. The topological polar surface area (TPSA) is 24.3 Å². The zero-order valence-electron chi connectivity index (χ0n) is 29.1. The first-order valence-corrected chi connectivity index (χ1v) is 17.8. The molecule has 4 heteroatoms. The smallest absolute Gasteiger partial charge is 0.0950 e.